The van der Waals surface area contributed by atoms with Gasteiger partial charge in [0.25, 0.3) is 5.69 Å². The van der Waals surface area contributed by atoms with E-state index >= 15 is 0 Å². The smallest absolute Gasteiger partial charge is 0.272 e. The topological polar surface area (TPSA) is 86.2 Å². The number of nitrogens with two attached hydrogens (primary N) is 1. The molecule has 0 fully saturated rings. The Hall–Kier alpha value is -1.91. The molecule has 5 nitrogen and oxygen atoms in total. The monoisotopic (exact) mass is 250 g/mol. The Morgan fingerprint density at radius 1 is 1.44 bits per heavy atom. The van der Waals surface area contributed by atoms with Gasteiger partial charge in [0.2, 0.25) is 5.91 Å². The predicted molar refractivity (Wildman–Crippen MR) is 69.3 cm³/mol. The molecule has 18 heavy (non-hydrogen) atoms. The van der Waals surface area contributed by atoms with Gasteiger partial charge in [-0.1, -0.05) is 19.9 Å². The lowest BCUT2D eigenvalue weighted by molar-refractivity contribution is -0.385. The number of hydrogen-bond donors (Lipinski definition) is 1. The fourth-order valence-electron chi connectivity index (χ4n) is 1.80. The summed E-state index contributed by atoms with van der Waals surface area (Å²) in [5, 5.41) is 10.9. The standard InChI is InChI=1S/C13H18N2O3/c1-9(2)10-6-7-12(15(17)18)11(8-10)4-3-5-13(14)16/h6-9H,3-5H2,1-2H3,(H2,14,16). The number of carbonyl (C=O) groups is 1. The third-order valence-corrected chi connectivity index (χ3v) is 2.84. The molecule has 1 aromatic rings. The molecular formula is C13H18N2O3. The van der Waals surface area contributed by atoms with Crippen LogP contribution in [0.5, 0.6) is 0 Å². The molecule has 0 aliphatic heterocycles. The number of amides is 1. The van der Waals surface area contributed by atoms with Gasteiger partial charge in [-0.3, -0.25) is 14.9 Å². The van der Waals surface area contributed by atoms with Crippen LogP contribution in [0.15, 0.2) is 18.2 Å². The van der Waals surface area contributed by atoms with Crippen LogP contribution in [0.4, 0.5) is 5.69 Å². The maximum absolute atomic E-state index is 10.9. The van der Waals surface area contributed by atoms with E-state index < -0.39 is 0 Å². The number of aryl methyl sites for hydroxylation is 1. The summed E-state index contributed by atoms with van der Waals surface area (Å²) in [6.45, 7) is 4.07. The van der Waals surface area contributed by atoms with Crippen molar-refractivity contribution in [2.75, 3.05) is 0 Å². The first kappa shape index (κ1) is 14.2. The molecule has 0 heterocycles. The van der Waals surface area contributed by atoms with E-state index in [1.807, 2.05) is 19.9 Å². The number of primary amides is 1. The Morgan fingerprint density at radius 2 is 2.11 bits per heavy atom. The van der Waals surface area contributed by atoms with Crippen LogP contribution in [0.2, 0.25) is 0 Å². The van der Waals surface area contributed by atoms with Crippen LogP contribution >= 0.6 is 0 Å². The zero-order chi connectivity index (χ0) is 13.7. The maximum atomic E-state index is 10.9. The second-order valence-electron chi connectivity index (χ2n) is 4.62. The molecule has 0 aliphatic rings. The molecule has 1 aromatic carbocycles. The van der Waals surface area contributed by atoms with Gasteiger partial charge in [0.05, 0.1) is 4.92 Å². The van der Waals surface area contributed by atoms with Gasteiger partial charge < -0.3 is 5.73 Å². The van der Waals surface area contributed by atoms with Gasteiger partial charge in [0, 0.05) is 18.1 Å². The summed E-state index contributed by atoms with van der Waals surface area (Å²) < 4.78 is 0. The molecule has 98 valence electrons. The number of carbonyl (C=O) groups excluding carboxylic acids is 1. The van der Waals surface area contributed by atoms with Crippen molar-refractivity contribution in [3.05, 3.63) is 39.4 Å². The lowest BCUT2D eigenvalue weighted by Gasteiger charge is -2.08. The highest BCUT2D eigenvalue weighted by atomic mass is 16.6. The van der Waals surface area contributed by atoms with Gasteiger partial charge in [-0.15, -0.1) is 0 Å². The Kier molecular flexibility index (Phi) is 4.83. The summed E-state index contributed by atoms with van der Waals surface area (Å²) in [7, 11) is 0. The average molecular weight is 250 g/mol. The molecule has 1 rings (SSSR count). The van der Waals surface area contributed by atoms with Gasteiger partial charge in [0.1, 0.15) is 0 Å². The van der Waals surface area contributed by atoms with E-state index in [-0.39, 0.29) is 22.9 Å². The molecule has 0 aromatic heterocycles. The number of nitro groups is 1. The molecule has 0 bridgehead atoms. The van der Waals surface area contributed by atoms with Crippen LogP contribution in [-0.2, 0) is 11.2 Å². The quantitative estimate of drug-likeness (QED) is 0.621. The number of hydrogen-bond acceptors (Lipinski definition) is 3. The van der Waals surface area contributed by atoms with Crippen molar-refractivity contribution in [1.82, 2.24) is 0 Å². The van der Waals surface area contributed by atoms with Gasteiger partial charge in [-0.05, 0) is 30.4 Å². The number of nitro benzene ring substituents is 1. The third kappa shape index (κ3) is 3.84. The van der Waals surface area contributed by atoms with Crippen molar-refractivity contribution in [2.45, 2.75) is 39.0 Å². The van der Waals surface area contributed by atoms with Crippen molar-refractivity contribution in [3.63, 3.8) is 0 Å². The first-order chi connectivity index (χ1) is 8.41. The van der Waals surface area contributed by atoms with Crippen LogP contribution in [0.3, 0.4) is 0 Å². The fourth-order valence-corrected chi connectivity index (χ4v) is 1.80. The van der Waals surface area contributed by atoms with E-state index in [1.165, 1.54) is 6.07 Å². The van der Waals surface area contributed by atoms with E-state index in [0.717, 1.165) is 5.56 Å². The predicted octanol–water partition coefficient (Wildman–Crippen LogP) is 2.53. The lowest BCUT2D eigenvalue weighted by atomic mass is 9.97. The minimum atomic E-state index is -0.385. The zero-order valence-electron chi connectivity index (χ0n) is 10.7. The summed E-state index contributed by atoms with van der Waals surface area (Å²) in [5.74, 6) is -0.0571. The van der Waals surface area contributed by atoms with Gasteiger partial charge in [0.15, 0.2) is 0 Å². The maximum Gasteiger partial charge on any atom is 0.272 e. The number of nitrogens with zero attached hydrogens (tertiary/aromatic N) is 1. The molecule has 0 saturated heterocycles. The summed E-state index contributed by atoms with van der Waals surface area (Å²) >= 11 is 0. The molecular weight excluding hydrogens is 232 g/mol. The van der Waals surface area contributed by atoms with Crippen molar-refractivity contribution >= 4 is 11.6 Å². The number of benzene rings is 1. The Labute approximate surface area is 106 Å². The summed E-state index contributed by atoms with van der Waals surface area (Å²) in [5.41, 5.74) is 6.91. The first-order valence-corrected chi connectivity index (χ1v) is 5.97. The number of rotatable bonds is 6. The molecule has 0 atom stereocenters. The molecule has 1 amide bonds. The lowest BCUT2D eigenvalue weighted by Crippen LogP contribution is -2.10. The second kappa shape index (κ2) is 6.14. The van der Waals surface area contributed by atoms with Crippen LogP contribution in [-0.4, -0.2) is 10.8 Å². The molecule has 0 radical (unpaired) electrons. The van der Waals surface area contributed by atoms with Crippen molar-refractivity contribution in [2.24, 2.45) is 5.73 Å². The molecule has 0 unspecified atom stereocenters. The Bertz CT molecular complexity index is 456. The van der Waals surface area contributed by atoms with Crippen molar-refractivity contribution < 1.29 is 9.72 Å². The highest BCUT2D eigenvalue weighted by Crippen LogP contribution is 2.25. The van der Waals surface area contributed by atoms with Gasteiger partial charge in [-0.2, -0.15) is 0 Å². The van der Waals surface area contributed by atoms with E-state index in [4.69, 9.17) is 5.73 Å². The van der Waals surface area contributed by atoms with Crippen LogP contribution in [0, 0.1) is 10.1 Å². The highest BCUT2D eigenvalue weighted by Gasteiger charge is 2.15. The molecule has 0 spiro atoms. The second-order valence-corrected chi connectivity index (χ2v) is 4.62. The molecule has 5 heteroatoms. The van der Waals surface area contributed by atoms with Gasteiger partial charge >= 0.3 is 0 Å². The Morgan fingerprint density at radius 3 is 2.61 bits per heavy atom. The van der Waals surface area contributed by atoms with E-state index in [9.17, 15) is 14.9 Å². The highest BCUT2D eigenvalue weighted by molar-refractivity contribution is 5.73. The molecule has 0 saturated carbocycles. The van der Waals surface area contributed by atoms with Gasteiger partial charge in [-0.25, -0.2) is 0 Å². The van der Waals surface area contributed by atoms with E-state index in [2.05, 4.69) is 0 Å². The minimum absolute atomic E-state index is 0.115. The first-order valence-electron chi connectivity index (χ1n) is 5.97. The van der Waals surface area contributed by atoms with Crippen molar-refractivity contribution in [3.8, 4) is 0 Å². The van der Waals surface area contributed by atoms with Crippen LogP contribution < -0.4 is 5.73 Å². The summed E-state index contributed by atoms with van der Waals surface area (Å²) in [6.07, 6.45) is 1.29. The normalized spacial score (nSPS) is 10.6. The minimum Gasteiger partial charge on any atom is -0.370 e. The third-order valence-electron chi connectivity index (χ3n) is 2.84. The van der Waals surface area contributed by atoms with E-state index in [0.29, 0.717) is 24.3 Å². The molecule has 0 aliphatic carbocycles. The average Bonchev–Trinajstić information content (AvgIpc) is 2.27. The summed E-state index contributed by atoms with van der Waals surface area (Å²) in [6, 6.07) is 5.17. The van der Waals surface area contributed by atoms with E-state index in [1.54, 1.807) is 6.07 Å². The fraction of sp³-hybridized carbons (Fsp3) is 0.462. The zero-order valence-corrected chi connectivity index (χ0v) is 10.7. The summed E-state index contributed by atoms with van der Waals surface area (Å²) in [4.78, 5) is 21.2. The Balaban J connectivity index is 2.93. The SMILES string of the molecule is CC(C)c1ccc([N+](=O)[O-])c(CCCC(N)=O)c1. The van der Waals surface area contributed by atoms with Crippen molar-refractivity contribution in [1.29, 1.82) is 0 Å². The van der Waals surface area contributed by atoms with Crippen LogP contribution in [0.25, 0.3) is 0 Å². The van der Waals surface area contributed by atoms with Crippen LogP contribution in [0.1, 0.15) is 43.7 Å². The largest absolute Gasteiger partial charge is 0.370 e. The molecule has 2 N–H and O–H groups in total.